The largest absolute Gasteiger partial charge is 0.366 e. The number of rotatable bonds is 3. The molecule has 9 heteroatoms. The van der Waals surface area contributed by atoms with Gasteiger partial charge in [0.25, 0.3) is 5.69 Å². The van der Waals surface area contributed by atoms with E-state index in [9.17, 15) is 24.1 Å². The minimum absolute atomic E-state index is 0.108. The highest BCUT2D eigenvalue weighted by Crippen LogP contribution is 2.20. The van der Waals surface area contributed by atoms with Crippen LogP contribution in [0, 0.1) is 15.9 Å². The van der Waals surface area contributed by atoms with E-state index in [0.717, 1.165) is 0 Å². The van der Waals surface area contributed by atoms with E-state index in [4.69, 9.17) is 0 Å². The van der Waals surface area contributed by atoms with Crippen LogP contribution in [0.15, 0.2) is 48.5 Å². The molecule has 1 fully saturated rings. The predicted octanol–water partition coefficient (Wildman–Crippen LogP) is 2.02. The first-order chi connectivity index (χ1) is 13.0. The Labute approximate surface area is 154 Å². The maximum absolute atomic E-state index is 13.9. The summed E-state index contributed by atoms with van der Waals surface area (Å²) in [7, 11) is 0. The minimum atomic E-state index is -0.816. The number of nitro groups is 1. The Balaban J connectivity index is 1.56. The molecule has 0 aliphatic carbocycles. The molecule has 1 aliphatic rings. The van der Waals surface area contributed by atoms with Gasteiger partial charge in [0, 0.05) is 44.0 Å². The highest BCUT2D eigenvalue weighted by atomic mass is 19.1. The monoisotopic (exact) mass is 372 g/mol. The Morgan fingerprint density at radius 1 is 1.00 bits per heavy atom. The molecule has 27 heavy (non-hydrogen) atoms. The van der Waals surface area contributed by atoms with Gasteiger partial charge in [-0.2, -0.15) is 0 Å². The molecule has 1 heterocycles. The van der Waals surface area contributed by atoms with Crippen LogP contribution in [-0.2, 0) is 9.59 Å². The van der Waals surface area contributed by atoms with Crippen molar-refractivity contribution in [2.75, 3.05) is 36.4 Å². The van der Waals surface area contributed by atoms with Crippen LogP contribution in [0.5, 0.6) is 0 Å². The van der Waals surface area contributed by atoms with Crippen molar-refractivity contribution in [2.45, 2.75) is 0 Å². The first-order valence-electron chi connectivity index (χ1n) is 8.30. The standard InChI is InChI=1S/C18H17FN4O4/c19-15-3-1-2-4-16(15)21-9-11-22(12-10-21)18(25)17(24)20-13-5-7-14(8-6-13)23(26)27/h1-8H,9-12H2,(H,20,24). The van der Waals surface area contributed by atoms with Crippen LogP contribution in [0.25, 0.3) is 0 Å². The number of carbonyl (C=O) groups is 2. The second kappa shape index (κ2) is 7.81. The molecule has 1 aliphatic heterocycles. The van der Waals surface area contributed by atoms with Crippen molar-refractivity contribution in [3.63, 3.8) is 0 Å². The Bertz CT molecular complexity index is 864. The van der Waals surface area contributed by atoms with Gasteiger partial charge in [0.15, 0.2) is 0 Å². The summed E-state index contributed by atoms with van der Waals surface area (Å²) in [6.45, 7) is 1.41. The van der Waals surface area contributed by atoms with E-state index in [1.54, 1.807) is 18.2 Å². The van der Waals surface area contributed by atoms with Crippen molar-refractivity contribution in [1.29, 1.82) is 0 Å². The predicted molar refractivity (Wildman–Crippen MR) is 96.9 cm³/mol. The number of anilines is 2. The molecule has 1 N–H and O–H groups in total. The lowest BCUT2D eigenvalue weighted by Crippen LogP contribution is -2.51. The number of halogens is 1. The van der Waals surface area contributed by atoms with Crippen LogP contribution < -0.4 is 10.2 Å². The van der Waals surface area contributed by atoms with E-state index in [0.29, 0.717) is 37.6 Å². The van der Waals surface area contributed by atoms with Crippen LogP contribution >= 0.6 is 0 Å². The smallest absolute Gasteiger partial charge is 0.313 e. The van der Waals surface area contributed by atoms with E-state index in [-0.39, 0.29) is 11.5 Å². The fourth-order valence-corrected chi connectivity index (χ4v) is 2.85. The summed E-state index contributed by atoms with van der Waals surface area (Å²) in [5.74, 6) is -1.84. The molecule has 2 amide bonds. The molecule has 8 nitrogen and oxygen atoms in total. The highest BCUT2D eigenvalue weighted by Gasteiger charge is 2.27. The molecule has 0 atom stereocenters. The second-order valence-electron chi connectivity index (χ2n) is 5.99. The number of hydrogen-bond acceptors (Lipinski definition) is 5. The number of non-ortho nitro benzene ring substituents is 1. The third-order valence-corrected chi connectivity index (χ3v) is 4.29. The van der Waals surface area contributed by atoms with Crippen molar-refractivity contribution in [2.24, 2.45) is 0 Å². The Morgan fingerprint density at radius 3 is 2.22 bits per heavy atom. The summed E-state index contributed by atoms with van der Waals surface area (Å²) < 4.78 is 13.9. The molecule has 0 bridgehead atoms. The normalized spacial score (nSPS) is 14.0. The van der Waals surface area contributed by atoms with Gasteiger partial charge in [-0.05, 0) is 24.3 Å². The zero-order valence-corrected chi connectivity index (χ0v) is 14.3. The first kappa shape index (κ1) is 18.3. The maximum Gasteiger partial charge on any atom is 0.313 e. The summed E-state index contributed by atoms with van der Waals surface area (Å²) in [5.41, 5.74) is 0.660. The summed E-state index contributed by atoms with van der Waals surface area (Å²) >= 11 is 0. The van der Waals surface area contributed by atoms with Gasteiger partial charge >= 0.3 is 11.8 Å². The zero-order chi connectivity index (χ0) is 19.4. The molecule has 0 radical (unpaired) electrons. The molecule has 3 rings (SSSR count). The lowest BCUT2D eigenvalue weighted by molar-refractivity contribution is -0.384. The quantitative estimate of drug-likeness (QED) is 0.505. The van der Waals surface area contributed by atoms with Gasteiger partial charge in [-0.25, -0.2) is 4.39 Å². The van der Waals surface area contributed by atoms with Crippen LogP contribution in [0.3, 0.4) is 0 Å². The number of nitrogens with one attached hydrogen (secondary N) is 1. The Morgan fingerprint density at radius 2 is 1.63 bits per heavy atom. The molecule has 0 aromatic heterocycles. The van der Waals surface area contributed by atoms with Crippen molar-refractivity contribution < 1.29 is 18.9 Å². The van der Waals surface area contributed by atoms with Crippen molar-refractivity contribution in [3.05, 3.63) is 64.5 Å². The third kappa shape index (κ3) is 4.20. The molecule has 2 aromatic carbocycles. The minimum Gasteiger partial charge on any atom is -0.366 e. The first-order valence-corrected chi connectivity index (χ1v) is 8.30. The van der Waals surface area contributed by atoms with Gasteiger partial charge in [-0.15, -0.1) is 0 Å². The van der Waals surface area contributed by atoms with Crippen molar-refractivity contribution >= 4 is 28.9 Å². The molecule has 140 valence electrons. The fourth-order valence-electron chi connectivity index (χ4n) is 2.85. The van der Waals surface area contributed by atoms with Gasteiger partial charge in [-0.3, -0.25) is 19.7 Å². The van der Waals surface area contributed by atoms with E-state index >= 15 is 0 Å². The second-order valence-corrected chi connectivity index (χ2v) is 5.99. The van der Waals surface area contributed by atoms with Gasteiger partial charge in [-0.1, -0.05) is 12.1 Å². The zero-order valence-electron chi connectivity index (χ0n) is 14.3. The van der Waals surface area contributed by atoms with Gasteiger partial charge in [0.1, 0.15) is 5.82 Å². The number of hydrogen-bond donors (Lipinski definition) is 1. The van der Waals surface area contributed by atoms with Gasteiger partial charge < -0.3 is 15.1 Å². The number of nitrogens with zero attached hydrogens (tertiary/aromatic N) is 3. The molecule has 2 aromatic rings. The number of para-hydroxylation sites is 1. The number of piperazine rings is 1. The highest BCUT2D eigenvalue weighted by molar-refractivity contribution is 6.39. The SMILES string of the molecule is O=C(Nc1ccc([N+](=O)[O-])cc1)C(=O)N1CCN(c2ccccc2F)CC1. The van der Waals surface area contributed by atoms with Gasteiger partial charge in [0.2, 0.25) is 0 Å². The van der Waals surface area contributed by atoms with Crippen molar-refractivity contribution in [3.8, 4) is 0 Å². The number of benzene rings is 2. The Hall–Kier alpha value is -3.49. The maximum atomic E-state index is 13.9. The average Bonchev–Trinajstić information content (AvgIpc) is 2.68. The molecule has 0 unspecified atom stereocenters. The van der Waals surface area contributed by atoms with E-state index < -0.39 is 16.7 Å². The topological polar surface area (TPSA) is 95.8 Å². The average molecular weight is 372 g/mol. The van der Waals surface area contributed by atoms with Crippen LogP contribution in [0.4, 0.5) is 21.5 Å². The molecular weight excluding hydrogens is 355 g/mol. The van der Waals surface area contributed by atoms with Crippen LogP contribution in [0.1, 0.15) is 0 Å². The van der Waals surface area contributed by atoms with E-state index in [1.165, 1.54) is 35.2 Å². The summed E-state index contributed by atoms with van der Waals surface area (Å²) in [5, 5.41) is 13.1. The molecule has 0 spiro atoms. The van der Waals surface area contributed by atoms with Crippen LogP contribution in [-0.4, -0.2) is 47.8 Å². The summed E-state index contributed by atoms with van der Waals surface area (Å²) in [6, 6.07) is 11.6. The summed E-state index contributed by atoms with van der Waals surface area (Å²) in [6.07, 6.45) is 0. The Kier molecular flexibility index (Phi) is 5.30. The number of nitro benzene ring substituents is 1. The fraction of sp³-hybridized carbons (Fsp3) is 0.222. The molecule has 1 saturated heterocycles. The lowest BCUT2D eigenvalue weighted by atomic mass is 10.2. The van der Waals surface area contributed by atoms with Crippen molar-refractivity contribution in [1.82, 2.24) is 4.90 Å². The molecule has 0 saturated carbocycles. The lowest BCUT2D eigenvalue weighted by Gasteiger charge is -2.35. The molecular formula is C18H17FN4O4. The third-order valence-electron chi connectivity index (χ3n) is 4.29. The number of carbonyl (C=O) groups excluding carboxylic acids is 2. The number of amides is 2. The summed E-state index contributed by atoms with van der Waals surface area (Å²) in [4.78, 5) is 37.7. The van der Waals surface area contributed by atoms with E-state index in [2.05, 4.69) is 5.32 Å². The van der Waals surface area contributed by atoms with Crippen LogP contribution in [0.2, 0.25) is 0 Å². The van der Waals surface area contributed by atoms with E-state index in [1.807, 2.05) is 4.90 Å². The van der Waals surface area contributed by atoms with Gasteiger partial charge in [0.05, 0.1) is 10.6 Å².